The van der Waals surface area contributed by atoms with Gasteiger partial charge in [0.2, 0.25) is 0 Å². The van der Waals surface area contributed by atoms with E-state index in [1.165, 1.54) is 0 Å². The third kappa shape index (κ3) is 3.03. The number of methoxy groups -OCH3 is 1. The molecule has 0 aliphatic carbocycles. The van der Waals surface area contributed by atoms with Crippen molar-refractivity contribution in [1.82, 2.24) is 9.97 Å². The lowest BCUT2D eigenvalue weighted by Gasteiger charge is -2.06. The van der Waals surface area contributed by atoms with E-state index >= 15 is 0 Å². The largest absolute Gasteiger partial charge is 0.495 e. The predicted molar refractivity (Wildman–Crippen MR) is 85.6 cm³/mol. The molecule has 0 bridgehead atoms. The first kappa shape index (κ1) is 13.6. The van der Waals surface area contributed by atoms with Gasteiger partial charge in [-0.15, -0.1) is 11.3 Å². The predicted octanol–water partition coefficient (Wildman–Crippen LogP) is 3.39. The average Bonchev–Trinajstić information content (AvgIpc) is 2.97. The summed E-state index contributed by atoms with van der Waals surface area (Å²) >= 11 is 1.63. The zero-order valence-corrected chi connectivity index (χ0v) is 12.4. The Kier molecular flexibility index (Phi) is 3.83. The van der Waals surface area contributed by atoms with Gasteiger partial charge in [0.25, 0.3) is 0 Å². The van der Waals surface area contributed by atoms with Crippen LogP contribution in [0.2, 0.25) is 0 Å². The van der Waals surface area contributed by atoms with E-state index in [1.54, 1.807) is 24.6 Å². The molecule has 2 aromatic heterocycles. The number of nitrogens with zero attached hydrogens (tertiary/aromatic N) is 2. The normalized spacial score (nSPS) is 10.5. The van der Waals surface area contributed by atoms with Crippen LogP contribution >= 0.6 is 11.3 Å². The molecule has 3 rings (SSSR count). The number of thiazole rings is 1. The minimum absolute atomic E-state index is 0.650. The first-order valence-electron chi connectivity index (χ1n) is 6.54. The van der Waals surface area contributed by atoms with Crippen molar-refractivity contribution in [1.29, 1.82) is 0 Å². The maximum absolute atomic E-state index is 5.93. The van der Waals surface area contributed by atoms with Gasteiger partial charge in [0.05, 0.1) is 29.2 Å². The SMILES string of the molecule is COc1ccc(Cc2nc(-c3ccccn3)cs2)cc1N. The summed E-state index contributed by atoms with van der Waals surface area (Å²) in [5.41, 5.74) is 9.51. The minimum atomic E-state index is 0.650. The summed E-state index contributed by atoms with van der Waals surface area (Å²) in [6.07, 6.45) is 2.53. The summed E-state index contributed by atoms with van der Waals surface area (Å²) in [5.74, 6) is 0.701. The molecule has 0 unspecified atom stereocenters. The number of hydrogen-bond acceptors (Lipinski definition) is 5. The fraction of sp³-hybridized carbons (Fsp3) is 0.125. The number of rotatable bonds is 4. The van der Waals surface area contributed by atoms with Crippen LogP contribution in [0.25, 0.3) is 11.4 Å². The lowest BCUT2D eigenvalue weighted by molar-refractivity contribution is 0.417. The van der Waals surface area contributed by atoms with Crippen molar-refractivity contribution in [3.05, 3.63) is 58.5 Å². The molecule has 0 saturated carbocycles. The van der Waals surface area contributed by atoms with E-state index in [0.29, 0.717) is 11.4 Å². The third-order valence-electron chi connectivity index (χ3n) is 3.13. The molecule has 0 aliphatic heterocycles. The Labute approximate surface area is 127 Å². The summed E-state index contributed by atoms with van der Waals surface area (Å²) in [6, 6.07) is 11.7. The molecule has 0 amide bonds. The van der Waals surface area contributed by atoms with Gasteiger partial charge in [-0.05, 0) is 29.8 Å². The zero-order chi connectivity index (χ0) is 14.7. The summed E-state index contributed by atoms with van der Waals surface area (Å²) in [7, 11) is 1.62. The van der Waals surface area contributed by atoms with E-state index in [-0.39, 0.29) is 0 Å². The average molecular weight is 297 g/mol. The molecule has 1 aromatic carbocycles. The molecular weight excluding hydrogens is 282 g/mol. The lowest BCUT2D eigenvalue weighted by Crippen LogP contribution is -1.95. The van der Waals surface area contributed by atoms with Gasteiger partial charge in [0.15, 0.2) is 0 Å². The maximum Gasteiger partial charge on any atom is 0.141 e. The molecular formula is C16H15N3OS. The summed E-state index contributed by atoms with van der Waals surface area (Å²) in [5, 5.41) is 3.07. The van der Waals surface area contributed by atoms with Gasteiger partial charge < -0.3 is 10.5 Å². The first-order chi connectivity index (χ1) is 10.3. The molecule has 2 heterocycles. The van der Waals surface area contributed by atoms with E-state index in [4.69, 9.17) is 10.5 Å². The fourth-order valence-electron chi connectivity index (χ4n) is 2.09. The van der Waals surface area contributed by atoms with Crippen molar-refractivity contribution < 1.29 is 4.74 Å². The van der Waals surface area contributed by atoms with Crippen molar-refractivity contribution in [3.63, 3.8) is 0 Å². The quantitative estimate of drug-likeness (QED) is 0.750. The van der Waals surface area contributed by atoms with Gasteiger partial charge in [0.1, 0.15) is 5.75 Å². The van der Waals surface area contributed by atoms with Crippen molar-refractivity contribution in [3.8, 4) is 17.1 Å². The van der Waals surface area contributed by atoms with Crippen LogP contribution in [0.4, 0.5) is 5.69 Å². The molecule has 0 atom stereocenters. The number of aromatic nitrogens is 2. The van der Waals surface area contributed by atoms with Gasteiger partial charge in [-0.1, -0.05) is 12.1 Å². The van der Waals surface area contributed by atoms with E-state index in [0.717, 1.165) is 28.4 Å². The number of ether oxygens (including phenoxy) is 1. The minimum Gasteiger partial charge on any atom is -0.495 e. The Balaban J connectivity index is 1.80. The van der Waals surface area contributed by atoms with Crippen molar-refractivity contribution in [2.45, 2.75) is 6.42 Å². The molecule has 0 radical (unpaired) electrons. The summed E-state index contributed by atoms with van der Waals surface area (Å²) in [4.78, 5) is 8.95. The monoisotopic (exact) mass is 297 g/mol. The van der Waals surface area contributed by atoms with Crippen molar-refractivity contribution in [2.24, 2.45) is 0 Å². The van der Waals surface area contributed by atoms with Crippen molar-refractivity contribution >= 4 is 17.0 Å². The Morgan fingerprint density at radius 1 is 1.19 bits per heavy atom. The topological polar surface area (TPSA) is 61.0 Å². The van der Waals surface area contributed by atoms with Crippen LogP contribution in [0.3, 0.4) is 0 Å². The smallest absolute Gasteiger partial charge is 0.141 e. The molecule has 0 saturated heterocycles. The molecule has 106 valence electrons. The van der Waals surface area contributed by atoms with Crippen molar-refractivity contribution in [2.75, 3.05) is 12.8 Å². The van der Waals surface area contributed by atoms with Crippen LogP contribution in [0.1, 0.15) is 10.6 Å². The number of anilines is 1. The number of pyridine rings is 1. The first-order valence-corrected chi connectivity index (χ1v) is 7.42. The highest BCUT2D eigenvalue weighted by Gasteiger charge is 2.07. The summed E-state index contributed by atoms with van der Waals surface area (Å²) < 4.78 is 5.17. The highest BCUT2D eigenvalue weighted by atomic mass is 32.1. The standard InChI is InChI=1S/C16H15N3OS/c1-20-15-6-5-11(8-12(15)17)9-16-19-14(10-21-16)13-4-2-3-7-18-13/h2-8,10H,9,17H2,1H3. The Morgan fingerprint density at radius 2 is 2.10 bits per heavy atom. The molecule has 0 spiro atoms. The van der Waals surface area contributed by atoms with E-state index in [9.17, 15) is 0 Å². The van der Waals surface area contributed by atoms with Gasteiger partial charge in [-0.3, -0.25) is 4.98 Å². The second-order valence-corrected chi connectivity index (χ2v) is 5.54. The van der Waals surface area contributed by atoms with Crippen LogP contribution in [0, 0.1) is 0 Å². The molecule has 5 heteroatoms. The molecule has 0 fully saturated rings. The zero-order valence-electron chi connectivity index (χ0n) is 11.6. The molecule has 2 N–H and O–H groups in total. The van der Waals surface area contributed by atoms with E-state index in [2.05, 4.69) is 9.97 Å². The molecule has 0 aliphatic rings. The van der Waals surface area contributed by atoms with Crippen LogP contribution in [-0.4, -0.2) is 17.1 Å². The Morgan fingerprint density at radius 3 is 2.81 bits per heavy atom. The Hall–Kier alpha value is -2.40. The third-order valence-corrected chi connectivity index (χ3v) is 3.98. The number of nitrogens with two attached hydrogens (primary N) is 1. The summed E-state index contributed by atoms with van der Waals surface area (Å²) in [6.45, 7) is 0. The lowest BCUT2D eigenvalue weighted by atomic mass is 10.1. The molecule has 3 aromatic rings. The van der Waals surface area contributed by atoms with Crippen LogP contribution in [-0.2, 0) is 6.42 Å². The second kappa shape index (κ2) is 5.93. The highest BCUT2D eigenvalue weighted by molar-refractivity contribution is 7.10. The number of nitrogen functional groups attached to an aromatic ring is 1. The van der Waals surface area contributed by atoms with Gasteiger partial charge >= 0.3 is 0 Å². The van der Waals surface area contributed by atoms with Crippen LogP contribution < -0.4 is 10.5 Å². The van der Waals surface area contributed by atoms with Crippen LogP contribution in [0.15, 0.2) is 48.0 Å². The van der Waals surface area contributed by atoms with E-state index < -0.39 is 0 Å². The highest BCUT2D eigenvalue weighted by Crippen LogP contribution is 2.25. The van der Waals surface area contributed by atoms with Gasteiger partial charge in [0, 0.05) is 18.0 Å². The van der Waals surface area contributed by atoms with E-state index in [1.807, 2.05) is 41.8 Å². The molecule has 4 nitrogen and oxygen atoms in total. The van der Waals surface area contributed by atoms with Crippen LogP contribution in [0.5, 0.6) is 5.75 Å². The van der Waals surface area contributed by atoms with Gasteiger partial charge in [-0.2, -0.15) is 0 Å². The Bertz CT molecular complexity index is 740. The maximum atomic E-state index is 5.93. The fourth-order valence-corrected chi connectivity index (χ4v) is 2.91. The number of benzene rings is 1. The molecule has 21 heavy (non-hydrogen) atoms. The second-order valence-electron chi connectivity index (χ2n) is 4.59. The number of hydrogen-bond donors (Lipinski definition) is 1. The van der Waals surface area contributed by atoms with Gasteiger partial charge in [-0.25, -0.2) is 4.98 Å².